The quantitative estimate of drug-likeness (QED) is 0.754. The number of rotatable bonds is 5. The Morgan fingerprint density at radius 2 is 1.86 bits per heavy atom. The molecule has 0 saturated heterocycles. The second-order valence-corrected chi connectivity index (χ2v) is 6.47. The molecule has 1 heterocycles. The van der Waals surface area contributed by atoms with Gasteiger partial charge in [-0.05, 0) is 36.4 Å². The lowest BCUT2D eigenvalue weighted by Gasteiger charge is -2.06. The normalized spacial score (nSPS) is 11.7. The van der Waals surface area contributed by atoms with Crippen LogP contribution in [0, 0.1) is 0 Å². The van der Waals surface area contributed by atoms with Gasteiger partial charge in [0.05, 0.1) is 29.6 Å². The molecule has 0 atom stereocenters. The van der Waals surface area contributed by atoms with E-state index in [2.05, 4.69) is 14.7 Å². The number of nitrogens with one attached hydrogen (secondary N) is 2. The number of hydrogen-bond acceptors (Lipinski definition) is 4. The second kappa shape index (κ2) is 5.78. The largest absolute Gasteiger partial charge is 0.497 e. The molecule has 3 rings (SSSR count). The zero-order valence-electron chi connectivity index (χ0n) is 11.9. The maximum absolute atomic E-state index is 12.2. The van der Waals surface area contributed by atoms with Crippen LogP contribution < -0.4 is 9.46 Å². The summed E-state index contributed by atoms with van der Waals surface area (Å²) in [5, 5.41) is 0. The van der Waals surface area contributed by atoms with Crippen molar-refractivity contribution in [1.82, 2.24) is 14.7 Å². The van der Waals surface area contributed by atoms with Crippen molar-refractivity contribution in [2.24, 2.45) is 0 Å². The molecule has 0 amide bonds. The SMILES string of the molecule is COc1ccc(S(=O)(=O)NCc2nc3ccccc3[nH]2)cc1. The third-order valence-electron chi connectivity index (χ3n) is 3.24. The maximum atomic E-state index is 12.2. The van der Waals surface area contributed by atoms with E-state index in [1.54, 1.807) is 12.1 Å². The molecule has 6 nitrogen and oxygen atoms in total. The summed E-state index contributed by atoms with van der Waals surface area (Å²) in [5.74, 6) is 1.18. The molecule has 0 saturated carbocycles. The first kappa shape index (κ1) is 14.6. The van der Waals surface area contributed by atoms with E-state index in [1.165, 1.54) is 19.2 Å². The fraction of sp³-hybridized carbons (Fsp3) is 0.133. The van der Waals surface area contributed by atoms with Crippen molar-refractivity contribution in [2.45, 2.75) is 11.4 Å². The number of imidazole rings is 1. The Kier molecular flexibility index (Phi) is 3.82. The molecule has 1 aromatic heterocycles. The van der Waals surface area contributed by atoms with Crippen molar-refractivity contribution in [3.8, 4) is 5.75 Å². The lowest BCUT2D eigenvalue weighted by atomic mass is 10.3. The summed E-state index contributed by atoms with van der Waals surface area (Å²) in [5.41, 5.74) is 1.68. The first-order chi connectivity index (χ1) is 10.6. The highest BCUT2D eigenvalue weighted by atomic mass is 32.2. The number of aromatic nitrogens is 2. The molecule has 7 heteroatoms. The fourth-order valence-electron chi connectivity index (χ4n) is 2.09. The molecular weight excluding hydrogens is 302 g/mol. The summed E-state index contributed by atoms with van der Waals surface area (Å²) in [4.78, 5) is 7.60. The second-order valence-electron chi connectivity index (χ2n) is 4.70. The van der Waals surface area contributed by atoms with E-state index < -0.39 is 10.0 Å². The first-order valence-electron chi connectivity index (χ1n) is 6.66. The van der Waals surface area contributed by atoms with Gasteiger partial charge in [0, 0.05) is 0 Å². The number of aromatic amines is 1. The van der Waals surface area contributed by atoms with Crippen LogP contribution in [0.2, 0.25) is 0 Å². The standard InChI is InChI=1S/C15H15N3O3S/c1-21-11-6-8-12(9-7-11)22(19,20)16-10-15-17-13-4-2-3-5-14(13)18-15/h2-9,16H,10H2,1H3,(H,17,18). The van der Waals surface area contributed by atoms with Gasteiger partial charge in [0.2, 0.25) is 10.0 Å². The van der Waals surface area contributed by atoms with Crippen LogP contribution in [0.3, 0.4) is 0 Å². The Balaban J connectivity index is 1.76. The van der Waals surface area contributed by atoms with Gasteiger partial charge in [-0.15, -0.1) is 0 Å². The zero-order chi connectivity index (χ0) is 15.6. The number of benzene rings is 2. The monoisotopic (exact) mass is 317 g/mol. The number of hydrogen-bond donors (Lipinski definition) is 2. The Morgan fingerprint density at radius 1 is 1.14 bits per heavy atom. The molecule has 0 radical (unpaired) electrons. The summed E-state index contributed by atoms with van der Waals surface area (Å²) < 4.78 is 32.0. The van der Waals surface area contributed by atoms with Crippen molar-refractivity contribution in [3.63, 3.8) is 0 Å². The Bertz CT molecular complexity index is 853. The van der Waals surface area contributed by atoms with Crippen molar-refractivity contribution < 1.29 is 13.2 Å². The summed E-state index contributed by atoms with van der Waals surface area (Å²) in [6.45, 7) is 0.100. The number of H-pyrrole nitrogens is 1. The molecule has 2 aromatic carbocycles. The molecular formula is C15H15N3O3S. The highest BCUT2D eigenvalue weighted by Gasteiger charge is 2.14. The van der Waals surface area contributed by atoms with Crippen LogP contribution in [-0.4, -0.2) is 25.5 Å². The summed E-state index contributed by atoms with van der Waals surface area (Å²) in [7, 11) is -2.06. The molecule has 0 aliphatic heterocycles. The van der Waals surface area contributed by atoms with E-state index in [-0.39, 0.29) is 11.4 Å². The van der Waals surface area contributed by atoms with Crippen molar-refractivity contribution in [1.29, 1.82) is 0 Å². The molecule has 0 fully saturated rings. The summed E-state index contributed by atoms with van der Waals surface area (Å²) in [6.07, 6.45) is 0. The number of fused-ring (bicyclic) bond motifs is 1. The molecule has 0 bridgehead atoms. The Hall–Kier alpha value is -2.38. The highest BCUT2D eigenvalue weighted by molar-refractivity contribution is 7.89. The molecule has 0 spiro atoms. The van der Waals surface area contributed by atoms with Gasteiger partial charge in [-0.1, -0.05) is 12.1 Å². The Morgan fingerprint density at radius 3 is 2.55 bits per heavy atom. The van der Waals surface area contributed by atoms with Gasteiger partial charge in [0.15, 0.2) is 0 Å². The first-order valence-corrected chi connectivity index (χ1v) is 8.14. The minimum absolute atomic E-state index is 0.100. The van der Waals surface area contributed by atoms with Crippen LogP contribution in [-0.2, 0) is 16.6 Å². The summed E-state index contributed by atoms with van der Waals surface area (Å²) >= 11 is 0. The van der Waals surface area contributed by atoms with Crippen LogP contribution >= 0.6 is 0 Å². The van der Waals surface area contributed by atoms with Crippen LogP contribution in [0.1, 0.15) is 5.82 Å². The van der Waals surface area contributed by atoms with Gasteiger partial charge in [-0.25, -0.2) is 18.1 Å². The zero-order valence-corrected chi connectivity index (χ0v) is 12.7. The van der Waals surface area contributed by atoms with Gasteiger partial charge in [-0.3, -0.25) is 0 Å². The maximum Gasteiger partial charge on any atom is 0.240 e. The molecule has 114 valence electrons. The smallest absolute Gasteiger partial charge is 0.240 e. The van der Waals surface area contributed by atoms with E-state index in [9.17, 15) is 8.42 Å². The number of ether oxygens (including phenoxy) is 1. The van der Waals surface area contributed by atoms with Gasteiger partial charge in [-0.2, -0.15) is 0 Å². The number of sulfonamides is 1. The van der Waals surface area contributed by atoms with E-state index >= 15 is 0 Å². The third-order valence-corrected chi connectivity index (χ3v) is 4.65. The minimum atomic E-state index is -3.59. The number of nitrogens with zero attached hydrogens (tertiary/aromatic N) is 1. The lowest BCUT2D eigenvalue weighted by Crippen LogP contribution is -2.23. The van der Waals surface area contributed by atoms with Crippen LogP contribution in [0.25, 0.3) is 11.0 Å². The third kappa shape index (κ3) is 2.95. The minimum Gasteiger partial charge on any atom is -0.497 e. The predicted molar refractivity (Wildman–Crippen MR) is 83.1 cm³/mol. The molecule has 2 N–H and O–H groups in total. The average molecular weight is 317 g/mol. The number of methoxy groups -OCH3 is 1. The molecule has 22 heavy (non-hydrogen) atoms. The molecule has 0 aliphatic carbocycles. The molecule has 0 unspecified atom stereocenters. The molecule has 3 aromatic rings. The van der Waals surface area contributed by atoms with Gasteiger partial charge in [0.25, 0.3) is 0 Å². The van der Waals surface area contributed by atoms with Gasteiger partial charge >= 0.3 is 0 Å². The lowest BCUT2D eigenvalue weighted by molar-refractivity contribution is 0.414. The van der Waals surface area contributed by atoms with Crippen molar-refractivity contribution in [2.75, 3.05) is 7.11 Å². The predicted octanol–water partition coefficient (Wildman–Crippen LogP) is 2.05. The van der Waals surface area contributed by atoms with Crippen LogP contribution in [0.5, 0.6) is 5.75 Å². The topological polar surface area (TPSA) is 84.1 Å². The summed E-state index contributed by atoms with van der Waals surface area (Å²) in [6, 6.07) is 13.8. The van der Waals surface area contributed by atoms with Gasteiger partial charge in [0.1, 0.15) is 11.6 Å². The molecule has 0 aliphatic rings. The van der Waals surface area contributed by atoms with Gasteiger partial charge < -0.3 is 9.72 Å². The number of para-hydroxylation sites is 2. The fourth-order valence-corrected chi connectivity index (χ4v) is 3.08. The van der Waals surface area contributed by atoms with Crippen LogP contribution in [0.15, 0.2) is 53.4 Å². The van der Waals surface area contributed by atoms with Crippen molar-refractivity contribution in [3.05, 3.63) is 54.4 Å². The average Bonchev–Trinajstić information content (AvgIpc) is 2.96. The Labute approximate surface area is 128 Å². The van der Waals surface area contributed by atoms with E-state index in [4.69, 9.17) is 4.74 Å². The highest BCUT2D eigenvalue weighted by Crippen LogP contribution is 2.16. The van der Waals surface area contributed by atoms with Crippen molar-refractivity contribution >= 4 is 21.1 Å². The van der Waals surface area contributed by atoms with E-state index in [0.29, 0.717) is 11.6 Å². The van der Waals surface area contributed by atoms with Crippen LogP contribution in [0.4, 0.5) is 0 Å². The van der Waals surface area contributed by atoms with E-state index in [1.807, 2.05) is 24.3 Å². The van der Waals surface area contributed by atoms with E-state index in [0.717, 1.165) is 11.0 Å².